The molecule has 0 spiro atoms. The summed E-state index contributed by atoms with van der Waals surface area (Å²) in [4.78, 5) is 0. The predicted molar refractivity (Wildman–Crippen MR) is 48.1 cm³/mol. The van der Waals surface area contributed by atoms with E-state index in [1.54, 1.807) is 6.92 Å². The highest BCUT2D eigenvalue weighted by Gasteiger charge is 2.75. The van der Waals surface area contributed by atoms with Crippen LogP contribution in [0.3, 0.4) is 0 Å². The molecule has 0 radical (unpaired) electrons. The van der Waals surface area contributed by atoms with Gasteiger partial charge in [-0.15, -0.1) is 0 Å². The molecule has 5 heteroatoms. The van der Waals surface area contributed by atoms with Crippen molar-refractivity contribution in [3.05, 3.63) is 0 Å². The van der Waals surface area contributed by atoms with E-state index in [-0.39, 0.29) is 11.8 Å². The Morgan fingerprint density at radius 3 is 2.27 bits per heavy atom. The van der Waals surface area contributed by atoms with Crippen LogP contribution >= 0.6 is 0 Å². The molecule has 2 bridgehead atoms. The Bertz CT molecular complexity index is 449. The largest absolute Gasteiger partial charge is 0.474 e. The molecule has 1 aliphatic heterocycles. The lowest BCUT2D eigenvalue weighted by atomic mass is 9.65. The van der Waals surface area contributed by atoms with Crippen LogP contribution in [0.15, 0.2) is 0 Å². The monoisotopic (exact) mass is 200 g/mol. The van der Waals surface area contributed by atoms with Gasteiger partial charge < -0.3 is 4.74 Å². The van der Waals surface area contributed by atoms with Gasteiger partial charge in [-0.25, -0.2) is 0 Å². The van der Waals surface area contributed by atoms with E-state index >= 15 is 0 Å². The van der Waals surface area contributed by atoms with E-state index in [9.17, 15) is 5.26 Å². The Balaban J connectivity index is 2.74. The number of nitrogens with one attached hydrogen (secondary N) is 1. The zero-order valence-electron chi connectivity index (χ0n) is 8.11. The Morgan fingerprint density at radius 2 is 1.93 bits per heavy atom. The van der Waals surface area contributed by atoms with Gasteiger partial charge in [0.25, 0.3) is 0 Å². The van der Waals surface area contributed by atoms with Crippen molar-refractivity contribution in [3.8, 4) is 18.2 Å². The second-order valence-electron chi connectivity index (χ2n) is 4.02. The van der Waals surface area contributed by atoms with Crippen molar-refractivity contribution >= 4 is 5.90 Å². The zero-order chi connectivity index (χ0) is 11.3. The molecule has 0 amide bonds. The number of hydrogen-bond donors (Lipinski definition) is 1. The van der Waals surface area contributed by atoms with Gasteiger partial charge in [-0.2, -0.15) is 15.8 Å². The van der Waals surface area contributed by atoms with Gasteiger partial charge in [0.15, 0.2) is 5.41 Å². The summed E-state index contributed by atoms with van der Waals surface area (Å²) >= 11 is 0. The van der Waals surface area contributed by atoms with Gasteiger partial charge in [0.05, 0.1) is 18.2 Å². The lowest BCUT2D eigenvalue weighted by molar-refractivity contribution is 0.163. The highest BCUT2D eigenvalue weighted by Crippen LogP contribution is 2.62. The van der Waals surface area contributed by atoms with Crippen LogP contribution in [0, 0.1) is 56.2 Å². The molecule has 0 aromatic rings. The quantitative estimate of drug-likeness (QED) is 0.628. The van der Waals surface area contributed by atoms with E-state index in [2.05, 4.69) is 0 Å². The first-order valence-electron chi connectivity index (χ1n) is 4.58. The number of ether oxygens (including phenoxy) is 1. The smallest absolute Gasteiger partial charge is 0.207 e. The van der Waals surface area contributed by atoms with Gasteiger partial charge in [0.2, 0.25) is 11.3 Å². The Morgan fingerprint density at radius 1 is 1.33 bits per heavy atom. The second kappa shape index (κ2) is 2.49. The first kappa shape index (κ1) is 9.49. The maximum atomic E-state index is 9.21. The van der Waals surface area contributed by atoms with E-state index in [1.807, 2.05) is 18.2 Å². The van der Waals surface area contributed by atoms with E-state index in [0.29, 0.717) is 6.42 Å². The zero-order valence-corrected chi connectivity index (χ0v) is 8.11. The molecule has 2 aliphatic rings. The summed E-state index contributed by atoms with van der Waals surface area (Å²) in [5.41, 5.74) is -2.88. The van der Waals surface area contributed by atoms with Crippen molar-refractivity contribution in [2.24, 2.45) is 16.7 Å². The van der Waals surface area contributed by atoms with Crippen molar-refractivity contribution in [3.63, 3.8) is 0 Å². The van der Waals surface area contributed by atoms with Gasteiger partial charge in [0, 0.05) is 0 Å². The van der Waals surface area contributed by atoms with Crippen molar-refractivity contribution in [1.82, 2.24) is 0 Å². The van der Waals surface area contributed by atoms with E-state index in [0.717, 1.165) is 0 Å². The molecule has 1 N–H and O–H groups in total. The summed E-state index contributed by atoms with van der Waals surface area (Å²) < 4.78 is 5.14. The maximum Gasteiger partial charge on any atom is 0.207 e. The molecule has 0 aromatic carbocycles. The van der Waals surface area contributed by atoms with E-state index in [1.165, 1.54) is 0 Å². The molecule has 3 atom stereocenters. The van der Waals surface area contributed by atoms with Crippen molar-refractivity contribution < 1.29 is 4.74 Å². The molecule has 1 aliphatic carbocycles. The summed E-state index contributed by atoms with van der Waals surface area (Å²) in [7, 11) is 0. The highest BCUT2D eigenvalue weighted by molar-refractivity contribution is 5.90. The fourth-order valence-electron chi connectivity index (χ4n) is 2.69. The number of rotatable bonds is 0. The number of fused-ring (bicyclic) bond motifs is 2. The van der Waals surface area contributed by atoms with E-state index in [4.69, 9.17) is 20.7 Å². The van der Waals surface area contributed by atoms with Crippen LogP contribution in [0.25, 0.3) is 0 Å². The third-order valence-corrected chi connectivity index (χ3v) is 3.56. The van der Waals surface area contributed by atoms with Gasteiger partial charge in [-0.1, -0.05) is 6.92 Å². The summed E-state index contributed by atoms with van der Waals surface area (Å²) in [5, 5.41) is 35.1. The molecule has 2 rings (SSSR count). The average molecular weight is 200 g/mol. The molecule has 0 aromatic heterocycles. The predicted octanol–water partition coefficient (Wildman–Crippen LogP) is 0.946. The molecular formula is C10H8N4O. The van der Waals surface area contributed by atoms with Crippen LogP contribution in [0.2, 0.25) is 0 Å². The normalized spacial score (nSPS) is 40.0. The molecule has 0 unspecified atom stereocenters. The topological polar surface area (TPSA) is 104 Å². The van der Waals surface area contributed by atoms with Crippen LogP contribution < -0.4 is 0 Å². The third-order valence-electron chi connectivity index (χ3n) is 3.56. The molecule has 2 fully saturated rings. The highest BCUT2D eigenvalue weighted by atomic mass is 16.5. The number of nitriles is 3. The van der Waals surface area contributed by atoms with Gasteiger partial charge in [-0.05, 0) is 12.3 Å². The average Bonchev–Trinajstić information content (AvgIpc) is 2.60. The first-order valence-corrected chi connectivity index (χ1v) is 4.58. The summed E-state index contributed by atoms with van der Waals surface area (Å²) in [6.07, 6.45) is -0.147. The number of hydrogen-bond acceptors (Lipinski definition) is 5. The van der Waals surface area contributed by atoms with Crippen molar-refractivity contribution in [2.45, 2.75) is 19.4 Å². The molecule has 1 heterocycles. The lowest BCUT2D eigenvalue weighted by Gasteiger charge is -2.26. The SMILES string of the molecule is C[C@@H]1C[C@H]2OC(=N)[C@@]1(C#N)C2(C#N)C#N. The van der Waals surface area contributed by atoms with Crippen molar-refractivity contribution in [2.75, 3.05) is 0 Å². The fraction of sp³-hybridized carbons (Fsp3) is 0.600. The minimum Gasteiger partial charge on any atom is -0.474 e. The lowest BCUT2D eigenvalue weighted by Crippen LogP contribution is -2.41. The minimum atomic E-state index is -1.50. The summed E-state index contributed by atoms with van der Waals surface area (Å²) in [6, 6.07) is 5.75. The van der Waals surface area contributed by atoms with Crippen LogP contribution in [0.1, 0.15) is 13.3 Å². The van der Waals surface area contributed by atoms with Crippen LogP contribution in [0.5, 0.6) is 0 Å². The van der Waals surface area contributed by atoms with Crippen LogP contribution in [-0.2, 0) is 4.74 Å². The molecule has 1 saturated carbocycles. The molecule has 15 heavy (non-hydrogen) atoms. The Labute approximate surface area is 87.0 Å². The molecule has 1 saturated heterocycles. The molecule has 74 valence electrons. The first-order chi connectivity index (χ1) is 7.09. The van der Waals surface area contributed by atoms with E-state index < -0.39 is 16.9 Å². The van der Waals surface area contributed by atoms with Gasteiger partial charge in [-0.3, -0.25) is 5.41 Å². The Hall–Kier alpha value is -2.06. The second-order valence-corrected chi connectivity index (χ2v) is 4.02. The molecule has 5 nitrogen and oxygen atoms in total. The number of nitrogens with zero attached hydrogens (tertiary/aromatic N) is 3. The van der Waals surface area contributed by atoms with Crippen molar-refractivity contribution in [1.29, 1.82) is 21.2 Å². The van der Waals surface area contributed by atoms with Gasteiger partial charge in [0.1, 0.15) is 6.10 Å². The molecular weight excluding hydrogens is 192 g/mol. The van der Waals surface area contributed by atoms with Gasteiger partial charge >= 0.3 is 0 Å². The summed E-state index contributed by atoms with van der Waals surface area (Å²) in [6.45, 7) is 1.78. The van der Waals surface area contributed by atoms with Crippen LogP contribution in [0.4, 0.5) is 0 Å². The standard InChI is InChI=1S/C10H8N4O/c1-6-2-7-9(3-11,4-12)10(6,5-13)8(14)15-7/h6-7,14H,2H2,1H3/t6-,7-,10+/m1/s1. The third kappa shape index (κ3) is 0.671. The van der Waals surface area contributed by atoms with Crippen LogP contribution in [-0.4, -0.2) is 12.0 Å². The Kier molecular flexibility index (Phi) is 1.58. The fourth-order valence-corrected chi connectivity index (χ4v) is 2.69. The maximum absolute atomic E-state index is 9.21. The summed E-state index contributed by atoms with van der Waals surface area (Å²) in [5.74, 6) is -0.412. The minimum absolute atomic E-state index is 0.187.